The summed E-state index contributed by atoms with van der Waals surface area (Å²) in [5, 5.41) is 26.6. The molecule has 0 amide bonds. The van der Waals surface area contributed by atoms with Crippen LogP contribution in [0.2, 0.25) is 0 Å². The first-order valence-electron chi connectivity index (χ1n) is 7.87. The molecule has 0 radical (unpaired) electrons. The number of ether oxygens (including phenoxy) is 1. The van der Waals surface area contributed by atoms with Crippen LogP contribution in [0.1, 0.15) is 28.4 Å². The van der Waals surface area contributed by atoms with Crippen LogP contribution in [0.15, 0.2) is 27.6 Å². The van der Waals surface area contributed by atoms with Crippen LogP contribution in [-0.2, 0) is 16.0 Å². The minimum atomic E-state index is -1.06. The van der Waals surface area contributed by atoms with E-state index >= 15 is 0 Å². The molecule has 2 heterocycles. The van der Waals surface area contributed by atoms with Gasteiger partial charge in [-0.3, -0.25) is 10.2 Å². The fourth-order valence-electron chi connectivity index (χ4n) is 2.35. The van der Waals surface area contributed by atoms with Gasteiger partial charge in [-0.25, -0.2) is 4.79 Å². The van der Waals surface area contributed by atoms with Crippen molar-refractivity contribution >= 4 is 61.9 Å². The number of rotatable bonds is 6. The lowest BCUT2D eigenvalue weighted by atomic mass is 10.1. The Labute approximate surface area is 171 Å². The molecule has 0 bridgehead atoms. The Balaban J connectivity index is 1.81. The molecule has 7 nitrogen and oxygen atoms in total. The van der Waals surface area contributed by atoms with Crippen molar-refractivity contribution in [1.29, 1.82) is 5.41 Å². The number of carboxylic acid groups (broad SMARTS) is 1. The number of aryl methyl sites for hydroxylation is 1. The number of carbonyl (C=O) groups is 2. The number of aromatic nitrogens is 2. The minimum absolute atomic E-state index is 0.161. The van der Waals surface area contributed by atoms with Gasteiger partial charge in [0.2, 0.25) is 0 Å². The zero-order chi connectivity index (χ0) is 19.6. The van der Waals surface area contributed by atoms with E-state index in [2.05, 4.69) is 26.1 Å². The van der Waals surface area contributed by atoms with E-state index in [1.54, 1.807) is 24.3 Å². The van der Waals surface area contributed by atoms with E-state index in [1.807, 2.05) is 6.92 Å². The number of Topliss-reactive ketones (excluding diaryl/α,β-unsaturated/α-hetero) is 1. The summed E-state index contributed by atoms with van der Waals surface area (Å²) in [5.74, 6) is -1.50. The minimum Gasteiger partial charge on any atom is -0.481 e. The van der Waals surface area contributed by atoms with Gasteiger partial charge >= 0.3 is 5.97 Å². The Kier molecular flexibility index (Phi) is 6.08. The standard InChI is InChI=1S/C17H14BrN3O4S2/c1-2-12-20-21-17(27-12)14-15(24)11(26-16(14)19)6-8-3-4-10(9(18)5-8)25-7-13(22)23/h3-6,14,19H,2,7H2,1H3,(H,22,23)/b11-6-,19-16?/t14-/m1/s1. The summed E-state index contributed by atoms with van der Waals surface area (Å²) in [4.78, 5) is 23.8. The van der Waals surface area contributed by atoms with Gasteiger partial charge in [-0.2, -0.15) is 0 Å². The number of benzene rings is 1. The summed E-state index contributed by atoms with van der Waals surface area (Å²) in [6, 6.07) is 5.08. The zero-order valence-electron chi connectivity index (χ0n) is 14.1. The summed E-state index contributed by atoms with van der Waals surface area (Å²) in [6.45, 7) is 1.53. The van der Waals surface area contributed by atoms with E-state index in [9.17, 15) is 9.59 Å². The molecule has 0 saturated carbocycles. The van der Waals surface area contributed by atoms with Crippen molar-refractivity contribution in [2.75, 3.05) is 6.61 Å². The molecule has 0 unspecified atom stereocenters. The molecular weight excluding hydrogens is 454 g/mol. The summed E-state index contributed by atoms with van der Waals surface area (Å²) >= 11 is 5.82. The molecular formula is C17H14BrN3O4S2. The third-order valence-electron chi connectivity index (χ3n) is 3.62. The van der Waals surface area contributed by atoms with Gasteiger partial charge in [0, 0.05) is 0 Å². The Morgan fingerprint density at radius 1 is 1.44 bits per heavy atom. The quantitative estimate of drug-likeness (QED) is 0.621. The number of nitrogens with zero attached hydrogens (tertiary/aromatic N) is 2. The molecule has 3 rings (SSSR count). The molecule has 10 heteroatoms. The molecule has 1 atom stereocenters. The molecule has 1 fully saturated rings. The highest BCUT2D eigenvalue weighted by atomic mass is 79.9. The Morgan fingerprint density at radius 3 is 2.85 bits per heavy atom. The van der Waals surface area contributed by atoms with Crippen LogP contribution in [0.5, 0.6) is 5.75 Å². The van der Waals surface area contributed by atoms with Crippen molar-refractivity contribution < 1.29 is 19.4 Å². The van der Waals surface area contributed by atoms with E-state index in [-0.39, 0.29) is 10.8 Å². The predicted octanol–water partition coefficient (Wildman–Crippen LogP) is 3.74. The number of carboxylic acids is 1. The van der Waals surface area contributed by atoms with E-state index in [0.29, 0.717) is 20.1 Å². The Hall–Kier alpha value is -2.04. The van der Waals surface area contributed by atoms with E-state index in [0.717, 1.165) is 28.8 Å². The third kappa shape index (κ3) is 4.45. The summed E-state index contributed by atoms with van der Waals surface area (Å²) in [5.41, 5.74) is 0.736. The first-order valence-corrected chi connectivity index (χ1v) is 10.3. The smallest absolute Gasteiger partial charge is 0.341 e. The Bertz CT molecular complexity index is 957. The second-order valence-corrected chi connectivity index (χ2v) is 8.56. The lowest BCUT2D eigenvalue weighted by Crippen LogP contribution is -2.11. The third-order valence-corrected chi connectivity index (χ3v) is 6.37. The highest BCUT2D eigenvalue weighted by Gasteiger charge is 2.39. The summed E-state index contributed by atoms with van der Waals surface area (Å²) in [6.07, 6.45) is 2.45. The van der Waals surface area contributed by atoms with E-state index in [4.69, 9.17) is 15.3 Å². The molecule has 140 valence electrons. The van der Waals surface area contributed by atoms with Crippen LogP contribution >= 0.6 is 39.0 Å². The predicted molar refractivity (Wildman–Crippen MR) is 108 cm³/mol. The maximum absolute atomic E-state index is 12.8. The van der Waals surface area contributed by atoms with Gasteiger partial charge in [-0.15, -0.1) is 21.5 Å². The lowest BCUT2D eigenvalue weighted by molar-refractivity contribution is -0.139. The van der Waals surface area contributed by atoms with Crippen molar-refractivity contribution in [1.82, 2.24) is 10.2 Å². The monoisotopic (exact) mass is 467 g/mol. The molecule has 0 aliphatic carbocycles. The van der Waals surface area contributed by atoms with Crippen LogP contribution in [0.25, 0.3) is 6.08 Å². The van der Waals surface area contributed by atoms with Gasteiger partial charge in [0.1, 0.15) is 21.7 Å². The van der Waals surface area contributed by atoms with Crippen LogP contribution in [-0.4, -0.2) is 38.7 Å². The average molecular weight is 468 g/mol. The molecule has 2 N–H and O–H groups in total. The molecule has 0 spiro atoms. The number of hydrogen-bond donors (Lipinski definition) is 2. The second kappa shape index (κ2) is 8.32. The summed E-state index contributed by atoms with van der Waals surface area (Å²) in [7, 11) is 0. The van der Waals surface area contributed by atoms with Crippen LogP contribution in [0.4, 0.5) is 0 Å². The fourth-order valence-corrected chi connectivity index (χ4v) is 4.82. The molecule has 2 aromatic rings. The van der Waals surface area contributed by atoms with Crippen LogP contribution in [0, 0.1) is 5.41 Å². The molecule has 1 aliphatic heterocycles. The zero-order valence-corrected chi connectivity index (χ0v) is 17.3. The molecule has 27 heavy (non-hydrogen) atoms. The lowest BCUT2D eigenvalue weighted by Gasteiger charge is -2.06. The topological polar surface area (TPSA) is 113 Å². The average Bonchev–Trinajstić information content (AvgIpc) is 3.18. The van der Waals surface area contributed by atoms with E-state index < -0.39 is 18.5 Å². The second-order valence-electron chi connectivity index (χ2n) is 5.53. The van der Waals surface area contributed by atoms with Crippen LogP contribution < -0.4 is 4.74 Å². The van der Waals surface area contributed by atoms with E-state index in [1.165, 1.54) is 11.3 Å². The number of nitrogens with one attached hydrogen (secondary N) is 1. The number of ketones is 1. The molecule has 1 aromatic heterocycles. The molecule has 1 saturated heterocycles. The van der Waals surface area contributed by atoms with Gasteiger partial charge in [-0.1, -0.05) is 24.8 Å². The van der Waals surface area contributed by atoms with Crippen molar-refractivity contribution in [3.05, 3.63) is 43.2 Å². The molecule has 1 aromatic carbocycles. The largest absolute Gasteiger partial charge is 0.481 e. The maximum Gasteiger partial charge on any atom is 0.341 e. The first kappa shape index (κ1) is 19.7. The number of halogens is 1. The van der Waals surface area contributed by atoms with Gasteiger partial charge in [0.15, 0.2) is 12.4 Å². The summed E-state index contributed by atoms with van der Waals surface area (Å²) < 4.78 is 5.74. The van der Waals surface area contributed by atoms with Gasteiger partial charge in [0.05, 0.1) is 14.4 Å². The first-order chi connectivity index (χ1) is 12.9. The SMILES string of the molecule is CCc1nnc([C@H]2C(=N)S/C(=C\c3ccc(OCC(=O)O)c(Br)c3)C2=O)s1. The Morgan fingerprint density at radius 2 is 2.22 bits per heavy atom. The van der Waals surface area contributed by atoms with Crippen molar-refractivity contribution in [2.45, 2.75) is 19.3 Å². The van der Waals surface area contributed by atoms with Gasteiger partial charge < -0.3 is 9.84 Å². The van der Waals surface area contributed by atoms with Crippen molar-refractivity contribution in [3.8, 4) is 5.75 Å². The highest BCUT2D eigenvalue weighted by Crippen LogP contribution is 2.41. The van der Waals surface area contributed by atoms with Gasteiger partial charge in [0.25, 0.3) is 0 Å². The fraction of sp³-hybridized carbons (Fsp3) is 0.235. The van der Waals surface area contributed by atoms with Crippen molar-refractivity contribution in [3.63, 3.8) is 0 Å². The number of allylic oxidation sites excluding steroid dienone is 1. The van der Waals surface area contributed by atoms with Crippen LogP contribution in [0.3, 0.4) is 0 Å². The number of aliphatic carboxylic acids is 1. The van der Waals surface area contributed by atoms with Gasteiger partial charge in [-0.05, 0) is 46.1 Å². The van der Waals surface area contributed by atoms with Crippen molar-refractivity contribution in [2.24, 2.45) is 0 Å². The normalized spacial score (nSPS) is 18.3. The number of hydrogen-bond acceptors (Lipinski definition) is 8. The number of carbonyl (C=O) groups excluding carboxylic acids is 1. The maximum atomic E-state index is 12.8. The molecule has 1 aliphatic rings. The highest BCUT2D eigenvalue weighted by molar-refractivity contribution is 9.10. The number of thioether (sulfide) groups is 1.